The number of carbonyl (C=O) groups excluding carboxylic acids is 1. The Bertz CT molecular complexity index is 1090. The highest BCUT2D eigenvalue weighted by Gasteiger charge is 2.32. The lowest BCUT2D eigenvalue weighted by atomic mass is 10.1. The second-order valence-electron chi connectivity index (χ2n) is 6.11. The van der Waals surface area contributed by atoms with E-state index in [0.29, 0.717) is 34.6 Å². The minimum absolute atomic E-state index is 0.115. The fraction of sp³-hybridized carbons (Fsp3) is 0.100. The van der Waals surface area contributed by atoms with E-state index in [0.717, 1.165) is 5.56 Å². The molecule has 6 heteroatoms. The van der Waals surface area contributed by atoms with Gasteiger partial charge in [-0.05, 0) is 48.4 Å². The molecule has 1 N–H and O–H groups in total. The van der Waals surface area contributed by atoms with Crippen LogP contribution in [0.3, 0.4) is 0 Å². The Kier molecular flexibility index (Phi) is 4.05. The van der Waals surface area contributed by atoms with E-state index < -0.39 is 9.84 Å². The van der Waals surface area contributed by atoms with Crippen LogP contribution >= 0.6 is 0 Å². The number of aromatic nitrogens is 1. The maximum atomic E-state index is 12.6. The molecule has 2 aromatic carbocycles. The highest BCUT2D eigenvalue weighted by atomic mass is 32.2. The molecule has 26 heavy (non-hydrogen) atoms. The molecule has 0 bridgehead atoms. The monoisotopic (exact) mass is 364 g/mol. The molecule has 0 atom stereocenters. The largest absolute Gasteiger partial charge is 0.326 e. The summed E-state index contributed by atoms with van der Waals surface area (Å²) in [6.45, 7) is 0. The van der Waals surface area contributed by atoms with E-state index in [1.807, 2.05) is 18.2 Å². The number of pyridine rings is 1. The quantitative estimate of drug-likeness (QED) is 0.602. The van der Waals surface area contributed by atoms with Crippen molar-refractivity contribution in [2.45, 2.75) is 22.6 Å². The van der Waals surface area contributed by atoms with Crippen LogP contribution in [0.5, 0.6) is 0 Å². The summed E-state index contributed by atoms with van der Waals surface area (Å²) in [5, 5.41) is 2.85. The van der Waals surface area contributed by atoms with E-state index >= 15 is 0 Å². The van der Waals surface area contributed by atoms with Crippen molar-refractivity contribution in [3.8, 4) is 11.1 Å². The van der Waals surface area contributed by atoms with E-state index in [1.165, 1.54) is 0 Å². The third-order valence-corrected chi connectivity index (χ3v) is 6.28. The lowest BCUT2D eigenvalue weighted by Gasteiger charge is -2.07. The Morgan fingerprint density at radius 2 is 1.65 bits per heavy atom. The number of carbonyl (C=O) groups is 1. The van der Waals surface area contributed by atoms with E-state index in [9.17, 15) is 13.2 Å². The summed E-state index contributed by atoms with van der Waals surface area (Å²) in [4.78, 5) is 16.8. The number of amides is 1. The second kappa shape index (κ2) is 6.38. The molecule has 0 radical (unpaired) electrons. The van der Waals surface area contributed by atoms with Gasteiger partial charge in [0.05, 0.1) is 9.79 Å². The maximum absolute atomic E-state index is 12.6. The van der Waals surface area contributed by atoms with Crippen LogP contribution in [-0.4, -0.2) is 19.3 Å². The Labute approximate surface area is 151 Å². The molecule has 0 fully saturated rings. The van der Waals surface area contributed by atoms with Gasteiger partial charge in [-0.25, -0.2) is 8.42 Å². The standard InChI is InChI=1S/C20H16N2O3S/c23-20(8-5-14-9-11-21-12-10-14)22-15-6-7-19-17(13-15)16-3-1-2-4-18(16)26(19,24)25/h1-4,6-7,9-13H,5,8H2,(H,22,23). The van der Waals surface area contributed by atoms with Crippen LogP contribution in [-0.2, 0) is 21.1 Å². The third-order valence-electron chi connectivity index (χ3n) is 4.41. The molecule has 0 aliphatic carbocycles. The summed E-state index contributed by atoms with van der Waals surface area (Å²) in [5.41, 5.74) is 2.95. The van der Waals surface area contributed by atoms with Gasteiger partial charge < -0.3 is 5.32 Å². The van der Waals surface area contributed by atoms with Gasteiger partial charge in [0.1, 0.15) is 0 Å². The van der Waals surface area contributed by atoms with Crippen LogP contribution in [0.25, 0.3) is 11.1 Å². The van der Waals surface area contributed by atoms with Crippen molar-refractivity contribution in [3.63, 3.8) is 0 Å². The number of fused-ring (bicyclic) bond motifs is 3. The van der Waals surface area contributed by atoms with Gasteiger partial charge in [-0.15, -0.1) is 0 Å². The van der Waals surface area contributed by atoms with Crippen molar-refractivity contribution < 1.29 is 13.2 Å². The Morgan fingerprint density at radius 3 is 2.46 bits per heavy atom. The molecule has 1 aliphatic rings. The van der Waals surface area contributed by atoms with Crippen molar-refractivity contribution >= 4 is 21.4 Å². The summed E-state index contributed by atoms with van der Waals surface area (Å²) in [6, 6.07) is 15.6. The molecule has 0 saturated carbocycles. The SMILES string of the molecule is O=C(CCc1ccncc1)Nc1ccc2c(c1)-c1ccccc1S2(=O)=O. The predicted molar refractivity (Wildman–Crippen MR) is 98.5 cm³/mol. The lowest BCUT2D eigenvalue weighted by Crippen LogP contribution is -2.12. The van der Waals surface area contributed by atoms with E-state index in [1.54, 1.807) is 48.8 Å². The molecule has 0 unspecified atom stereocenters. The van der Waals surface area contributed by atoms with Crippen LogP contribution in [0.2, 0.25) is 0 Å². The molecule has 5 nitrogen and oxygen atoms in total. The Balaban J connectivity index is 1.55. The third kappa shape index (κ3) is 2.88. The molecular weight excluding hydrogens is 348 g/mol. The molecule has 130 valence electrons. The van der Waals surface area contributed by atoms with Gasteiger partial charge in [0.25, 0.3) is 0 Å². The summed E-state index contributed by atoms with van der Waals surface area (Å²) in [7, 11) is -3.48. The smallest absolute Gasteiger partial charge is 0.224 e. The van der Waals surface area contributed by atoms with Gasteiger partial charge in [-0.2, -0.15) is 0 Å². The van der Waals surface area contributed by atoms with Gasteiger partial charge in [-0.1, -0.05) is 18.2 Å². The molecule has 0 spiro atoms. The zero-order valence-electron chi connectivity index (χ0n) is 13.8. The van der Waals surface area contributed by atoms with E-state index in [4.69, 9.17) is 0 Å². The number of nitrogens with zero attached hydrogens (tertiary/aromatic N) is 1. The Hall–Kier alpha value is -2.99. The number of sulfone groups is 1. The van der Waals surface area contributed by atoms with Gasteiger partial charge in [0.15, 0.2) is 0 Å². The van der Waals surface area contributed by atoms with Crippen molar-refractivity contribution in [2.75, 3.05) is 5.32 Å². The summed E-state index contributed by atoms with van der Waals surface area (Å²) < 4.78 is 25.2. The molecule has 0 saturated heterocycles. The van der Waals surface area contributed by atoms with Gasteiger partial charge in [0.2, 0.25) is 15.7 Å². The van der Waals surface area contributed by atoms with Crippen LogP contribution < -0.4 is 5.32 Å². The average molecular weight is 364 g/mol. The first-order valence-electron chi connectivity index (χ1n) is 8.23. The molecule has 1 aliphatic heterocycles. The van der Waals surface area contributed by atoms with Gasteiger partial charge >= 0.3 is 0 Å². The molecular formula is C20H16N2O3S. The number of hydrogen-bond acceptors (Lipinski definition) is 4. The maximum Gasteiger partial charge on any atom is 0.224 e. The van der Waals surface area contributed by atoms with Crippen molar-refractivity contribution in [3.05, 3.63) is 72.6 Å². The zero-order valence-corrected chi connectivity index (χ0v) is 14.7. The zero-order chi connectivity index (χ0) is 18.1. The minimum atomic E-state index is -3.48. The fourth-order valence-corrected chi connectivity index (χ4v) is 4.79. The van der Waals surface area contributed by atoms with Crippen LogP contribution in [0.15, 0.2) is 76.8 Å². The molecule has 4 rings (SSSR count). The number of nitrogens with one attached hydrogen (secondary N) is 1. The van der Waals surface area contributed by atoms with Crippen molar-refractivity contribution in [1.29, 1.82) is 0 Å². The molecule has 1 amide bonds. The highest BCUT2D eigenvalue weighted by molar-refractivity contribution is 7.92. The first-order chi connectivity index (χ1) is 12.6. The number of benzene rings is 2. The number of aryl methyl sites for hydroxylation is 1. The van der Waals surface area contributed by atoms with E-state index in [2.05, 4.69) is 10.3 Å². The van der Waals surface area contributed by atoms with Crippen LogP contribution in [0.1, 0.15) is 12.0 Å². The first kappa shape index (κ1) is 16.5. The number of hydrogen-bond donors (Lipinski definition) is 1. The van der Waals surface area contributed by atoms with Gasteiger partial charge in [-0.3, -0.25) is 9.78 Å². The molecule has 3 aromatic rings. The Morgan fingerprint density at radius 1 is 0.923 bits per heavy atom. The van der Waals surface area contributed by atoms with E-state index in [-0.39, 0.29) is 10.8 Å². The summed E-state index contributed by atoms with van der Waals surface area (Å²) in [5.74, 6) is -0.115. The summed E-state index contributed by atoms with van der Waals surface area (Å²) in [6.07, 6.45) is 4.36. The van der Waals surface area contributed by atoms with Gasteiger partial charge in [0, 0.05) is 35.6 Å². The normalized spacial score (nSPS) is 13.7. The predicted octanol–water partition coefficient (Wildman–Crippen LogP) is 3.47. The lowest BCUT2D eigenvalue weighted by molar-refractivity contribution is -0.116. The van der Waals surface area contributed by atoms with Crippen LogP contribution in [0, 0.1) is 0 Å². The topological polar surface area (TPSA) is 76.1 Å². The average Bonchev–Trinajstić information content (AvgIpc) is 2.89. The van der Waals surface area contributed by atoms with Crippen molar-refractivity contribution in [2.24, 2.45) is 0 Å². The molecule has 1 aromatic heterocycles. The molecule has 2 heterocycles. The number of anilines is 1. The summed E-state index contributed by atoms with van der Waals surface area (Å²) >= 11 is 0. The highest BCUT2D eigenvalue weighted by Crippen LogP contribution is 2.43. The number of rotatable bonds is 4. The minimum Gasteiger partial charge on any atom is -0.326 e. The fourth-order valence-electron chi connectivity index (χ4n) is 3.13. The van der Waals surface area contributed by atoms with Crippen LogP contribution in [0.4, 0.5) is 5.69 Å². The van der Waals surface area contributed by atoms with Crippen molar-refractivity contribution in [1.82, 2.24) is 4.98 Å². The second-order valence-corrected chi connectivity index (χ2v) is 8.00. The first-order valence-corrected chi connectivity index (χ1v) is 9.71.